The van der Waals surface area contributed by atoms with E-state index >= 15 is 0 Å². The first-order chi connectivity index (χ1) is 10.5. The van der Waals surface area contributed by atoms with Crippen molar-refractivity contribution >= 4 is 27.8 Å². The largest absolute Gasteiger partial charge is 0.506 e. The second kappa shape index (κ2) is 5.48. The van der Waals surface area contributed by atoms with Gasteiger partial charge in [0.25, 0.3) is 0 Å². The van der Waals surface area contributed by atoms with Crippen LogP contribution in [0.4, 0.5) is 17.1 Å². The lowest BCUT2D eigenvalue weighted by Gasteiger charge is -2.05. The minimum atomic E-state index is 0.120. The Morgan fingerprint density at radius 3 is 2.45 bits per heavy atom. The molecule has 0 spiro atoms. The quantitative estimate of drug-likeness (QED) is 0.505. The van der Waals surface area contributed by atoms with Crippen LogP contribution in [0.25, 0.3) is 10.8 Å². The molecular formula is C18H17N3O. The highest BCUT2D eigenvalue weighted by molar-refractivity contribution is 5.95. The van der Waals surface area contributed by atoms with Crippen LogP contribution in [0, 0.1) is 13.8 Å². The van der Waals surface area contributed by atoms with Crippen molar-refractivity contribution in [2.24, 2.45) is 10.2 Å². The molecule has 0 radical (unpaired) electrons. The standard InChI is InChI=1S/C18H17N3O/c1-11-3-4-13-5-8-17(22)18(15(13)9-11)21-20-16-7-6-14(19)10-12(16)2/h3-10,22H,19H2,1-2H3/b21-20+. The number of benzene rings is 3. The molecule has 0 unspecified atom stereocenters. The monoisotopic (exact) mass is 291 g/mol. The second-order valence-electron chi connectivity index (χ2n) is 5.40. The molecule has 0 saturated heterocycles. The van der Waals surface area contributed by atoms with Crippen LogP contribution in [0.1, 0.15) is 11.1 Å². The first kappa shape index (κ1) is 14.1. The van der Waals surface area contributed by atoms with E-state index in [1.807, 2.05) is 50.2 Å². The predicted octanol–water partition coefficient (Wildman–Crippen LogP) is 5.16. The number of nitrogens with zero attached hydrogens (tertiary/aromatic N) is 2. The summed E-state index contributed by atoms with van der Waals surface area (Å²) in [5.41, 5.74) is 9.70. The fourth-order valence-corrected chi connectivity index (χ4v) is 2.41. The van der Waals surface area contributed by atoms with E-state index in [1.165, 1.54) is 0 Å². The van der Waals surface area contributed by atoms with E-state index in [0.717, 1.165) is 27.6 Å². The third-order valence-electron chi connectivity index (χ3n) is 3.61. The first-order valence-electron chi connectivity index (χ1n) is 7.05. The van der Waals surface area contributed by atoms with Crippen LogP contribution in [0.15, 0.2) is 58.8 Å². The van der Waals surface area contributed by atoms with Crippen molar-refractivity contribution in [3.8, 4) is 5.75 Å². The number of phenolic OH excluding ortho intramolecular Hbond substituents is 1. The molecule has 3 N–H and O–H groups in total. The van der Waals surface area contributed by atoms with Crippen LogP contribution < -0.4 is 5.73 Å². The summed E-state index contributed by atoms with van der Waals surface area (Å²) in [5.74, 6) is 0.120. The average Bonchev–Trinajstić information content (AvgIpc) is 2.48. The summed E-state index contributed by atoms with van der Waals surface area (Å²) >= 11 is 0. The summed E-state index contributed by atoms with van der Waals surface area (Å²) in [6.45, 7) is 3.94. The fourth-order valence-electron chi connectivity index (χ4n) is 2.41. The number of aromatic hydroxyl groups is 1. The van der Waals surface area contributed by atoms with Crippen molar-refractivity contribution in [2.75, 3.05) is 5.73 Å². The zero-order valence-corrected chi connectivity index (χ0v) is 12.5. The summed E-state index contributed by atoms with van der Waals surface area (Å²) in [5, 5.41) is 20.6. The van der Waals surface area contributed by atoms with Gasteiger partial charge in [-0.05, 0) is 55.1 Å². The number of hydrogen-bond acceptors (Lipinski definition) is 4. The van der Waals surface area contributed by atoms with Gasteiger partial charge in [0, 0.05) is 11.1 Å². The highest BCUT2D eigenvalue weighted by Gasteiger charge is 2.07. The lowest BCUT2D eigenvalue weighted by Crippen LogP contribution is -1.84. The van der Waals surface area contributed by atoms with Gasteiger partial charge in [-0.25, -0.2) is 0 Å². The maximum atomic E-state index is 10.1. The number of anilines is 1. The zero-order valence-electron chi connectivity index (χ0n) is 12.5. The molecule has 0 atom stereocenters. The molecule has 3 aromatic carbocycles. The number of rotatable bonds is 2. The molecule has 0 bridgehead atoms. The van der Waals surface area contributed by atoms with E-state index in [0.29, 0.717) is 11.4 Å². The third kappa shape index (κ3) is 2.63. The Labute approximate surface area is 128 Å². The van der Waals surface area contributed by atoms with Crippen molar-refractivity contribution in [1.82, 2.24) is 0 Å². The van der Waals surface area contributed by atoms with E-state index in [-0.39, 0.29) is 5.75 Å². The molecule has 0 aliphatic rings. The average molecular weight is 291 g/mol. The van der Waals surface area contributed by atoms with E-state index in [9.17, 15) is 5.11 Å². The fraction of sp³-hybridized carbons (Fsp3) is 0.111. The summed E-state index contributed by atoms with van der Waals surface area (Å²) in [7, 11) is 0. The van der Waals surface area contributed by atoms with Gasteiger partial charge in [0.05, 0.1) is 5.69 Å². The number of hydrogen-bond donors (Lipinski definition) is 2. The number of nitrogens with two attached hydrogens (primary N) is 1. The summed E-state index contributed by atoms with van der Waals surface area (Å²) < 4.78 is 0. The van der Waals surface area contributed by atoms with Crippen LogP contribution in [-0.4, -0.2) is 5.11 Å². The summed E-state index contributed by atoms with van der Waals surface area (Å²) in [6, 6.07) is 15.0. The van der Waals surface area contributed by atoms with Crippen LogP contribution in [0.5, 0.6) is 5.75 Å². The van der Waals surface area contributed by atoms with Gasteiger partial charge in [-0.15, -0.1) is 5.11 Å². The SMILES string of the molecule is Cc1ccc2ccc(O)c(/N=N/c3ccc(N)cc3C)c2c1. The molecule has 0 heterocycles. The van der Waals surface area contributed by atoms with Crippen molar-refractivity contribution in [3.05, 3.63) is 59.7 Å². The van der Waals surface area contributed by atoms with E-state index < -0.39 is 0 Å². The topological polar surface area (TPSA) is 71.0 Å². The maximum absolute atomic E-state index is 10.1. The minimum Gasteiger partial charge on any atom is -0.506 e. The molecule has 3 rings (SSSR count). The van der Waals surface area contributed by atoms with Gasteiger partial charge in [-0.1, -0.05) is 23.8 Å². The Kier molecular flexibility index (Phi) is 3.51. The molecule has 3 aromatic rings. The normalized spacial score (nSPS) is 11.4. The molecule has 0 aliphatic carbocycles. The number of azo groups is 1. The van der Waals surface area contributed by atoms with Gasteiger partial charge in [0.15, 0.2) is 0 Å². The van der Waals surface area contributed by atoms with Gasteiger partial charge in [-0.2, -0.15) is 5.11 Å². The number of aryl methyl sites for hydroxylation is 2. The van der Waals surface area contributed by atoms with Crippen molar-refractivity contribution < 1.29 is 5.11 Å². The Morgan fingerprint density at radius 1 is 0.909 bits per heavy atom. The van der Waals surface area contributed by atoms with Gasteiger partial charge in [-0.3, -0.25) is 0 Å². The van der Waals surface area contributed by atoms with Crippen molar-refractivity contribution in [3.63, 3.8) is 0 Å². The van der Waals surface area contributed by atoms with Crippen molar-refractivity contribution in [1.29, 1.82) is 0 Å². The van der Waals surface area contributed by atoms with Gasteiger partial charge in [0.1, 0.15) is 11.4 Å². The Morgan fingerprint density at radius 2 is 1.68 bits per heavy atom. The number of phenols is 1. The van der Waals surface area contributed by atoms with E-state index in [4.69, 9.17) is 5.73 Å². The maximum Gasteiger partial charge on any atom is 0.143 e. The highest BCUT2D eigenvalue weighted by Crippen LogP contribution is 2.36. The lowest BCUT2D eigenvalue weighted by atomic mass is 10.1. The minimum absolute atomic E-state index is 0.120. The Balaban J connectivity index is 2.11. The van der Waals surface area contributed by atoms with E-state index in [1.54, 1.807) is 12.1 Å². The third-order valence-corrected chi connectivity index (χ3v) is 3.61. The smallest absolute Gasteiger partial charge is 0.143 e. The second-order valence-corrected chi connectivity index (χ2v) is 5.40. The molecule has 22 heavy (non-hydrogen) atoms. The molecule has 0 fully saturated rings. The molecule has 4 heteroatoms. The van der Waals surface area contributed by atoms with Crippen LogP contribution in [0.3, 0.4) is 0 Å². The molecule has 110 valence electrons. The number of fused-ring (bicyclic) bond motifs is 1. The van der Waals surface area contributed by atoms with E-state index in [2.05, 4.69) is 10.2 Å². The summed E-state index contributed by atoms with van der Waals surface area (Å²) in [4.78, 5) is 0. The summed E-state index contributed by atoms with van der Waals surface area (Å²) in [6.07, 6.45) is 0. The van der Waals surface area contributed by atoms with Crippen LogP contribution in [0.2, 0.25) is 0 Å². The molecule has 4 nitrogen and oxygen atoms in total. The highest BCUT2D eigenvalue weighted by atomic mass is 16.3. The Bertz CT molecular complexity index is 880. The van der Waals surface area contributed by atoms with Gasteiger partial charge >= 0.3 is 0 Å². The molecular weight excluding hydrogens is 274 g/mol. The molecule has 0 amide bonds. The molecule has 0 saturated carbocycles. The molecule has 0 aromatic heterocycles. The molecule has 0 aliphatic heterocycles. The van der Waals surface area contributed by atoms with Gasteiger partial charge < -0.3 is 10.8 Å². The Hall–Kier alpha value is -2.88. The lowest BCUT2D eigenvalue weighted by molar-refractivity contribution is 0.477. The van der Waals surface area contributed by atoms with Crippen LogP contribution in [-0.2, 0) is 0 Å². The predicted molar refractivity (Wildman–Crippen MR) is 90.1 cm³/mol. The van der Waals surface area contributed by atoms with Crippen molar-refractivity contribution in [2.45, 2.75) is 13.8 Å². The van der Waals surface area contributed by atoms with Crippen LogP contribution >= 0.6 is 0 Å². The first-order valence-corrected chi connectivity index (χ1v) is 7.05. The van der Waals surface area contributed by atoms with Gasteiger partial charge in [0.2, 0.25) is 0 Å². The zero-order chi connectivity index (χ0) is 15.7. The number of nitrogen functional groups attached to an aromatic ring is 1.